The third kappa shape index (κ3) is 1.70. The van der Waals surface area contributed by atoms with Crippen LogP contribution in [-0.2, 0) is 6.42 Å². The zero-order chi connectivity index (χ0) is 10.1. The van der Waals surface area contributed by atoms with Gasteiger partial charge in [-0.3, -0.25) is 0 Å². The number of hydrogen-bond acceptors (Lipinski definition) is 3. The normalized spacial score (nSPS) is 10.3. The molecule has 2 aromatic rings. The fourth-order valence-electron chi connectivity index (χ4n) is 1.35. The van der Waals surface area contributed by atoms with Crippen molar-refractivity contribution in [1.29, 1.82) is 5.26 Å². The molecule has 4 heteroatoms. The summed E-state index contributed by atoms with van der Waals surface area (Å²) >= 11 is 4.01. The minimum Gasteiger partial charge on any atom is -0.398 e. The molecule has 0 fully saturated rings. The van der Waals surface area contributed by atoms with Gasteiger partial charge < -0.3 is 5.73 Å². The van der Waals surface area contributed by atoms with E-state index in [4.69, 9.17) is 11.0 Å². The highest BCUT2D eigenvalue weighted by molar-refractivity contribution is 14.1. The summed E-state index contributed by atoms with van der Waals surface area (Å²) in [5, 5.41) is 9.78. The maximum atomic E-state index is 8.62. The summed E-state index contributed by atoms with van der Waals surface area (Å²) in [4.78, 5) is 0. The van der Waals surface area contributed by atoms with Crippen molar-refractivity contribution in [2.75, 3.05) is 5.73 Å². The highest BCUT2D eigenvalue weighted by atomic mass is 127. The number of nitrogens with zero attached hydrogens (tertiary/aromatic N) is 1. The molecule has 1 heterocycles. The van der Waals surface area contributed by atoms with Gasteiger partial charge in [0.25, 0.3) is 0 Å². The van der Waals surface area contributed by atoms with E-state index < -0.39 is 0 Å². The predicted molar refractivity (Wildman–Crippen MR) is 68.3 cm³/mol. The molecule has 0 aliphatic rings. The molecule has 0 radical (unpaired) electrons. The number of rotatable bonds is 1. The van der Waals surface area contributed by atoms with E-state index in [0.717, 1.165) is 5.56 Å². The van der Waals surface area contributed by atoms with E-state index >= 15 is 0 Å². The van der Waals surface area contributed by atoms with Gasteiger partial charge >= 0.3 is 0 Å². The van der Waals surface area contributed by atoms with Crippen molar-refractivity contribution in [2.45, 2.75) is 6.42 Å². The summed E-state index contributed by atoms with van der Waals surface area (Å²) in [6.45, 7) is 0. The molecule has 0 aliphatic carbocycles. The van der Waals surface area contributed by atoms with Gasteiger partial charge in [0, 0.05) is 10.4 Å². The summed E-state index contributed by atoms with van der Waals surface area (Å²) in [5.74, 6) is 0. The first-order chi connectivity index (χ1) is 6.70. The summed E-state index contributed by atoms with van der Waals surface area (Å²) < 4.78 is 2.44. The number of thiophene rings is 1. The third-order valence-corrected chi connectivity index (χ3v) is 3.88. The SMILES string of the molecule is N#CCc1cc2sc(I)cc2cc1N. The fourth-order valence-corrected chi connectivity index (χ4v) is 3.23. The Hall–Kier alpha value is -0.800. The summed E-state index contributed by atoms with van der Waals surface area (Å²) in [7, 11) is 0. The summed E-state index contributed by atoms with van der Waals surface area (Å²) in [6, 6.07) is 8.18. The molecule has 2 rings (SSSR count). The average molecular weight is 314 g/mol. The molecule has 0 unspecified atom stereocenters. The Morgan fingerprint density at radius 3 is 2.93 bits per heavy atom. The Bertz CT molecular complexity index is 525. The maximum Gasteiger partial charge on any atom is 0.0670 e. The van der Waals surface area contributed by atoms with Crippen molar-refractivity contribution in [3.63, 3.8) is 0 Å². The van der Waals surface area contributed by atoms with Crippen molar-refractivity contribution in [1.82, 2.24) is 0 Å². The molecule has 0 spiro atoms. The first-order valence-corrected chi connectivity index (χ1v) is 5.94. The predicted octanol–water partition coefficient (Wildman–Crippen LogP) is 3.15. The van der Waals surface area contributed by atoms with E-state index in [1.807, 2.05) is 12.1 Å². The van der Waals surface area contributed by atoms with Gasteiger partial charge in [-0.1, -0.05) is 0 Å². The molecular formula is C10H7IN2S. The lowest BCUT2D eigenvalue weighted by molar-refractivity contribution is 1.28. The number of hydrogen-bond donors (Lipinski definition) is 1. The fraction of sp³-hybridized carbons (Fsp3) is 0.100. The number of anilines is 1. The molecule has 14 heavy (non-hydrogen) atoms. The van der Waals surface area contributed by atoms with Crippen LogP contribution in [0.15, 0.2) is 18.2 Å². The van der Waals surface area contributed by atoms with Crippen molar-refractivity contribution in [3.05, 3.63) is 26.6 Å². The van der Waals surface area contributed by atoms with Crippen LogP contribution in [0.1, 0.15) is 5.56 Å². The quantitative estimate of drug-likeness (QED) is 0.649. The number of fused-ring (bicyclic) bond motifs is 1. The van der Waals surface area contributed by atoms with Crippen LogP contribution < -0.4 is 5.73 Å². The number of nitrogen functional groups attached to an aromatic ring is 1. The van der Waals surface area contributed by atoms with Crippen LogP contribution in [-0.4, -0.2) is 0 Å². The molecule has 2 N–H and O–H groups in total. The topological polar surface area (TPSA) is 49.8 Å². The van der Waals surface area contributed by atoms with Gasteiger partial charge in [0.05, 0.1) is 15.4 Å². The standard InChI is InChI=1S/C10H7IN2S/c11-10-5-7-3-8(13)6(1-2-12)4-9(7)14-10/h3-5H,1,13H2. The zero-order valence-electron chi connectivity index (χ0n) is 7.25. The monoisotopic (exact) mass is 314 g/mol. The van der Waals surface area contributed by atoms with Gasteiger partial charge in [0.15, 0.2) is 0 Å². The van der Waals surface area contributed by atoms with Crippen LogP contribution in [0.25, 0.3) is 10.1 Å². The molecule has 1 aromatic carbocycles. The third-order valence-electron chi connectivity index (χ3n) is 2.02. The van der Waals surface area contributed by atoms with E-state index in [1.54, 1.807) is 11.3 Å². The van der Waals surface area contributed by atoms with E-state index in [0.29, 0.717) is 12.1 Å². The number of nitriles is 1. The van der Waals surface area contributed by atoms with Crippen molar-refractivity contribution in [2.24, 2.45) is 0 Å². The Labute approximate surface area is 99.5 Å². The first-order valence-electron chi connectivity index (χ1n) is 4.05. The van der Waals surface area contributed by atoms with Crippen LogP contribution in [0.3, 0.4) is 0 Å². The highest BCUT2D eigenvalue weighted by Crippen LogP contribution is 2.30. The Balaban J connectivity index is 2.65. The van der Waals surface area contributed by atoms with Crippen LogP contribution in [0.2, 0.25) is 0 Å². The van der Waals surface area contributed by atoms with Gasteiger partial charge in [0.1, 0.15) is 0 Å². The van der Waals surface area contributed by atoms with Crippen LogP contribution in [0.4, 0.5) is 5.69 Å². The number of benzene rings is 1. The smallest absolute Gasteiger partial charge is 0.0670 e. The van der Waals surface area contributed by atoms with Crippen molar-refractivity contribution in [3.8, 4) is 6.07 Å². The summed E-state index contributed by atoms with van der Waals surface area (Å²) in [5.41, 5.74) is 7.48. The lowest BCUT2D eigenvalue weighted by atomic mass is 10.1. The lowest BCUT2D eigenvalue weighted by Gasteiger charge is -2.00. The van der Waals surface area contributed by atoms with E-state index in [2.05, 4.69) is 34.7 Å². The molecule has 0 atom stereocenters. The highest BCUT2D eigenvalue weighted by Gasteiger charge is 2.04. The van der Waals surface area contributed by atoms with Crippen LogP contribution in [0, 0.1) is 14.2 Å². The van der Waals surface area contributed by atoms with Gasteiger partial charge in [-0.05, 0) is 51.7 Å². The molecule has 0 saturated heterocycles. The molecule has 1 aromatic heterocycles. The van der Waals surface area contributed by atoms with E-state index in [9.17, 15) is 0 Å². The Morgan fingerprint density at radius 2 is 2.21 bits per heavy atom. The zero-order valence-corrected chi connectivity index (χ0v) is 10.2. The second-order valence-corrected chi connectivity index (χ2v) is 5.95. The van der Waals surface area contributed by atoms with E-state index in [-0.39, 0.29) is 0 Å². The molecule has 0 saturated carbocycles. The second-order valence-electron chi connectivity index (χ2n) is 2.97. The van der Waals surface area contributed by atoms with Crippen LogP contribution >= 0.6 is 33.9 Å². The van der Waals surface area contributed by atoms with Gasteiger partial charge in [-0.25, -0.2) is 0 Å². The maximum absolute atomic E-state index is 8.62. The van der Waals surface area contributed by atoms with Crippen molar-refractivity contribution < 1.29 is 0 Å². The molecule has 0 aliphatic heterocycles. The minimum absolute atomic E-state index is 0.385. The van der Waals surface area contributed by atoms with Gasteiger partial charge in [0.2, 0.25) is 0 Å². The molecular weight excluding hydrogens is 307 g/mol. The molecule has 0 amide bonds. The minimum atomic E-state index is 0.385. The second kappa shape index (κ2) is 3.75. The van der Waals surface area contributed by atoms with Crippen LogP contribution in [0.5, 0.6) is 0 Å². The molecule has 0 bridgehead atoms. The lowest BCUT2D eigenvalue weighted by Crippen LogP contribution is -1.92. The molecule has 2 nitrogen and oxygen atoms in total. The first kappa shape index (κ1) is 9.74. The number of nitrogens with two attached hydrogens (primary N) is 1. The Morgan fingerprint density at radius 1 is 1.43 bits per heavy atom. The summed E-state index contributed by atoms with van der Waals surface area (Å²) in [6.07, 6.45) is 0.385. The van der Waals surface area contributed by atoms with E-state index in [1.165, 1.54) is 13.0 Å². The van der Waals surface area contributed by atoms with Crippen molar-refractivity contribution >= 4 is 49.7 Å². The number of halogens is 1. The Kier molecular flexibility index (Phi) is 2.61. The average Bonchev–Trinajstić information content (AvgIpc) is 2.45. The van der Waals surface area contributed by atoms with Gasteiger partial charge in [-0.2, -0.15) is 5.26 Å². The molecule has 70 valence electrons. The largest absolute Gasteiger partial charge is 0.398 e. The van der Waals surface area contributed by atoms with Gasteiger partial charge in [-0.15, -0.1) is 11.3 Å².